The smallest absolute Gasteiger partial charge is 0.323 e. The van der Waals surface area contributed by atoms with Gasteiger partial charge in [0, 0.05) is 36.9 Å². The molecule has 2 aromatic carbocycles. The Morgan fingerprint density at radius 1 is 0.978 bits per heavy atom. The third-order valence-corrected chi connectivity index (χ3v) is 8.11. The molecule has 3 aliphatic rings. The number of carbonyl (C=O) groups excluding carboxylic acids is 2. The molecule has 6 rings (SSSR count). The molecular formula is C34H39N8O3+. The lowest BCUT2D eigenvalue weighted by molar-refractivity contribution is -0.743. The monoisotopic (exact) mass is 607 g/mol. The fraction of sp³-hybridized carbons (Fsp3) is 0.294. The second-order valence-electron chi connectivity index (χ2n) is 12.3. The first-order valence-electron chi connectivity index (χ1n) is 15.1. The number of pyridine rings is 1. The third kappa shape index (κ3) is 6.74. The van der Waals surface area contributed by atoms with Crippen LogP contribution in [0.2, 0.25) is 0 Å². The summed E-state index contributed by atoms with van der Waals surface area (Å²) in [6, 6.07) is 17.1. The Bertz CT molecular complexity index is 1670. The minimum atomic E-state index is -0.306. The van der Waals surface area contributed by atoms with E-state index in [0.717, 1.165) is 33.4 Å². The standard InChI is InChI=1S/C34H38N8O3/c1-23-27(39-33(44)37-26-11-9-25(10-12-26)34(2,3)4)6-5-7-29(23)42-21-28(31-35-14-15-41(31)22-42)38-30-13-8-24(20-36-30)32(43)40-16-18-45-19-17-40/h5-15,20-21H,16-19,22H2,1-4H3,(H,36,38)(H2,37,39,44)/p+1. The minimum absolute atomic E-state index is 0.0422. The van der Waals surface area contributed by atoms with E-state index in [0.29, 0.717) is 50.0 Å². The molecular weight excluding hydrogens is 568 g/mol. The van der Waals surface area contributed by atoms with E-state index in [-0.39, 0.29) is 17.4 Å². The number of benzene rings is 2. The van der Waals surface area contributed by atoms with E-state index in [9.17, 15) is 9.59 Å². The number of nitrogens with zero attached hydrogens (tertiary/aromatic N) is 4. The number of morpholine rings is 1. The SMILES string of the molecule is Cc1c(NC(=O)Nc2ccc(C(C)(C)C)cc2)cccc1N1C=C(Nc2ccc(C(=O)N3CCOCC3)cn2)C2=NC=C[NH+]2C1. The average molecular weight is 608 g/mol. The molecule has 1 unspecified atom stereocenters. The van der Waals surface area contributed by atoms with Gasteiger partial charge in [0.25, 0.3) is 11.7 Å². The summed E-state index contributed by atoms with van der Waals surface area (Å²) in [4.78, 5) is 39.9. The van der Waals surface area contributed by atoms with Gasteiger partial charge < -0.3 is 25.6 Å². The number of quaternary nitrogens is 1. The molecule has 3 amide bonds. The molecule has 0 radical (unpaired) electrons. The number of urea groups is 1. The highest BCUT2D eigenvalue weighted by Gasteiger charge is 2.32. The van der Waals surface area contributed by atoms with E-state index in [1.807, 2.05) is 61.8 Å². The summed E-state index contributed by atoms with van der Waals surface area (Å²) in [5, 5.41) is 9.35. The zero-order valence-corrected chi connectivity index (χ0v) is 26.1. The summed E-state index contributed by atoms with van der Waals surface area (Å²) in [5.74, 6) is 1.41. The van der Waals surface area contributed by atoms with E-state index < -0.39 is 0 Å². The van der Waals surface area contributed by atoms with Crippen LogP contribution in [0.4, 0.5) is 27.7 Å². The van der Waals surface area contributed by atoms with Crippen molar-refractivity contribution < 1.29 is 19.2 Å². The average Bonchev–Trinajstić information content (AvgIpc) is 3.52. The zero-order chi connectivity index (χ0) is 31.6. The number of hydrogen-bond acceptors (Lipinski definition) is 7. The van der Waals surface area contributed by atoms with Crippen LogP contribution in [-0.4, -0.2) is 60.6 Å². The number of ether oxygens (including phenoxy) is 1. The molecule has 45 heavy (non-hydrogen) atoms. The van der Waals surface area contributed by atoms with Crippen LogP contribution in [0.3, 0.4) is 0 Å². The van der Waals surface area contributed by atoms with E-state index >= 15 is 0 Å². The van der Waals surface area contributed by atoms with Crippen molar-refractivity contribution in [3.8, 4) is 0 Å². The van der Waals surface area contributed by atoms with E-state index in [1.165, 1.54) is 5.56 Å². The maximum absolute atomic E-state index is 12.9. The molecule has 0 bridgehead atoms. The summed E-state index contributed by atoms with van der Waals surface area (Å²) in [6.45, 7) is 11.4. The number of fused-ring (bicyclic) bond motifs is 1. The molecule has 0 spiro atoms. The predicted octanol–water partition coefficient (Wildman–Crippen LogP) is 4.30. The minimum Gasteiger partial charge on any atom is -0.378 e. The van der Waals surface area contributed by atoms with Gasteiger partial charge in [0.1, 0.15) is 17.7 Å². The van der Waals surface area contributed by atoms with Crippen molar-refractivity contribution in [3.05, 3.63) is 102 Å². The Balaban J connectivity index is 1.17. The van der Waals surface area contributed by atoms with Crippen molar-refractivity contribution in [2.75, 3.05) is 53.8 Å². The zero-order valence-electron chi connectivity index (χ0n) is 26.1. The maximum Gasteiger partial charge on any atom is 0.323 e. The van der Waals surface area contributed by atoms with Crippen LogP contribution in [0.1, 0.15) is 42.3 Å². The van der Waals surface area contributed by atoms with Gasteiger partial charge in [-0.2, -0.15) is 4.99 Å². The van der Waals surface area contributed by atoms with E-state index in [2.05, 4.69) is 51.6 Å². The van der Waals surface area contributed by atoms with Gasteiger partial charge in [-0.15, -0.1) is 0 Å². The largest absolute Gasteiger partial charge is 0.378 e. The summed E-state index contributed by atoms with van der Waals surface area (Å²) < 4.78 is 5.36. The molecule has 11 heteroatoms. The van der Waals surface area contributed by atoms with Crippen molar-refractivity contribution in [2.45, 2.75) is 33.1 Å². The Hall–Kier alpha value is -5.00. The number of carbonyl (C=O) groups is 2. The topological polar surface area (TPSA) is 116 Å². The lowest BCUT2D eigenvalue weighted by atomic mass is 9.87. The molecule has 0 aliphatic carbocycles. The van der Waals surface area contributed by atoms with Gasteiger partial charge in [-0.25, -0.2) is 14.7 Å². The first-order valence-corrected chi connectivity index (χ1v) is 15.1. The van der Waals surface area contributed by atoms with Crippen LogP contribution in [0.15, 0.2) is 90.1 Å². The summed E-state index contributed by atoms with van der Waals surface area (Å²) in [5.41, 5.74) is 5.90. The number of amidine groups is 1. The van der Waals surface area contributed by atoms with Crippen molar-refractivity contribution in [1.29, 1.82) is 0 Å². The van der Waals surface area contributed by atoms with Crippen LogP contribution in [0, 0.1) is 6.92 Å². The van der Waals surface area contributed by atoms with Gasteiger partial charge in [0.2, 0.25) is 0 Å². The van der Waals surface area contributed by atoms with Gasteiger partial charge in [0.15, 0.2) is 6.67 Å². The highest BCUT2D eigenvalue weighted by Crippen LogP contribution is 2.29. The molecule has 3 aliphatic heterocycles. The number of aliphatic imine (C=N–C) groups is 1. The van der Waals surface area contributed by atoms with Crippen molar-refractivity contribution in [1.82, 2.24) is 9.88 Å². The van der Waals surface area contributed by atoms with Gasteiger partial charge in [-0.3, -0.25) is 9.69 Å². The number of aromatic nitrogens is 1. The highest BCUT2D eigenvalue weighted by molar-refractivity contribution is 6.01. The first-order chi connectivity index (χ1) is 21.7. The molecule has 3 aromatic rings. The van der Waals surface area contributed by atoms with Gasteiger partial charge in [-0.1, -0.05) is 39.0 Å². The van der Waals surface area contributed by atoms with Gasteiger partial charge in [-0.05, 0) is 59.9 Å². The number of amides is 3. The van der Waals surface area contributed by atoms with Crippen LogP contribution in [0.5, 0.6) is 0 Å². The number of rotatable bonds is 6. The molecule has 11 nitrogen and oxygen atoms in total. The number of hydrogen-bond donors (Lipinski definition) is 4. The molecule has 1 atom stereocenters. The maximum atomic E-state index is 12.9. The fourth-order valence-corrected chi connectivity index (χ4v) is 5.52. The first kappa shape index (κ1) is 30.0. The molecule has 4 N–H and O–H groups in total. The summed E-state index contributed by atoms with van der Waals surface area (Å²) >= 11 is 0. The number of nitrogens with one attached hydrogen (secondary N) is 4. The second kappa shape index (κ2) is 12.5. The fourth-order valence-electron chi connectivity index (χ4n) is 5.52. The number of anilines is 4. The van der Waals surface area contributed by atoms with Crippen LogP contribution in [-0.2, 0) is 10.2 Å². The molecule has 1 saturated heterocycles. The van der Waals surface area contributed by atoms with Gasteiger partial charge >= 0.3 is 6.03 Å². The molecule has 1 fully saturated rings. The van der Waals surface area contributed by atoms with Gasteiger partial charge in [0.05, 0.1) is 30.7 Å². The third-order valence-electron chi connectivity index (χ3n) is 8.11. The van der Waals surface area contributed by atoms with Crippen molar-refractivity contribution >= 4 is 40.7 Å². The Morgan fingerprint density at radius 2 is 1.76 bits per heavy atom. The quantitative estimate of drug-likeness (QED) is 0.332. The second-order valence-corrected chi connectivity index (χ2v) is 12.3. The van der Waals surface area contributed by atoms with Crippen LogP contribution < -0.4 is 25.8 Å². The van der Waals surface area contributed by atoms with Crippen LogP contribution >= 0.6 is 0 Å². The lowest BCUT2D eigenvalue weighted by Crippen LogP contribution is -3.12. The molecule has 4 heterocycles. The molecule has 1 aromatic heterocycles. The predicted molar refractivity (Wildman–Crippen MR) is 177 cm³/mol. The molecule has 232 valence electrons. The highest BCUT2D eigenvalue weighted by atomic mass is 16.5. The van der Waals surface area contributed by atoms with E-state index in [4.69, 9.17) is 4.74 Å². The summed E-state index contributed by atoms with van der Waals surface area (Å²) in [6.07, 6.45) is 7.41. The van der Waals surface area contributed by atoms with Crippen LogP contribution in [0.25, 0.3) is 0 Å². The van der Waals surface area contributed by atoms with Crippen molar-refractivity contribution in [2.24, 2.45) is 4.99 Å². The van der Waals surface area contributed by atoms with Crippen molar-refractivity contribution in [3.63, 3.8) is 0 Å². The normalized spacial score (nSPS) is 17.7. The van der Waals surface area contributed by atoms with E-state index in [1.54, 1.807) is 29.4 Å². The lowest BCUT2D eigenvalue weighted by Gasteiger charge is -2.31. The molecule has 0 saturated carbocycles. The Kier molecular flexibility index (Phi) is 8.38. The Morgan fingerprint density at radius 3 is 2.47 bits per heavy atom. The summed E-state index contributed by atoms with van der Waals surface area (Å²) in [7, 11) is 0. The Labute approximate surface area is 263 Å².